The Morgan fingerprint density at radius 3 is 2.29 bits per heavy atom. The molecular formula is C23H21BrN2O4S. The molecule has 0 spiro atoms. The third kappa shape index (κ3) is 5.59. The summed E-state index contributed by atoms with van der Waals surface area (Å²) in [6, 6.07) is 15.6. The average Bonchev–Trinajstić information content (AvgIpc) is 3.17. The van der Waals surface area contributed by atoms with Gasteiger partial charge in [-0.2, -0.15) is 0 Å². The number of carboxylic acids is 1. The van der Waals surface area contributed by atoms with Crippen molar-refractivity contribution in [3.63, 3.8) is 0 Å². The Labute approximate surface area is 193 Å². The Morgan fingerprint density at radius 1 is 1.03 bits per heavy atom. The molecule has 3 aromatic rings. The van der Waals surface area contributed by atoms with Crippen molar-refractivity contribution in [3.8, 4) is 11.3 Å². The minimum absolute atomic E-state index is 0.00465. The highest BCUT2D eigenvalue weighted by Crippen LogP contribution is 2.32. The smallest absolute Gasteiger partial charge is 0.371 e. The largest absolute Gasteiger partial charge is 0.475 e. The second kappa shape index (κ2) is 9.03. The van der Waals surface area contributed by atoms with Gasteiger partial charge in [0, 0.05) is 15.6 Å². The first-order chi connectivity index (χ1) is 14.5. The number of amides is 1. The summed E-state index contributed by atoms with van der Waals surface area (Å²) in [5.41, 5.74) is 2.76. The molecule has 3 N–H and O–H groups in total. The molecule has 0 unspecified atom stereocenters. The quantitative estimate of drug-likeness (QED) is 0.390. The van der Waals surface area contributed by atoms with Crippen LogP contribution in [0.2, 0.25) is 0 Å². The number of carboxylic acid groups (broad SMARTS) is 1. The van der Waals surface area contributed by atoms with Crippen LogP contribution in [0.3, 0.4) is 0 Å². The van der Waals surface area contributed by atoms with Crippen LogP contribution in [0, 0.1) is 0 Å². The van der Waals surface area contributed by atoms with Gasteiger partial charge >= 0.3 is 5.97 Å². The molecule has 0 saturated carbocycles. The summed E-state index contributed by atoms with van der Waals surface area (Å²) in [6.45, 7) is 6.32. The molecule has 6 nitrogen and oxygen atoms in total. The summed E-state index contributed by atoms with van der Waals surface area (Å²) < 4.78 is 6.17. The minimum Gasteiger partial charge on any atom is -0.475 e. The molecule has 2 aromatic carbocycles. The molecule has 0 radical (unpaired) electrons. The first-order valence-corrected chi connectivity index (χ1v) is 10.6. The van der Waals surface area contributed by atoms with Crippen LogP contribution < -0.4 is 10.6 Å². The molecule has 160 valence electrons. The van der Waals surface area contributed by atoms with E-state index in [2.05, 4.69) is 47.3 Å². The summed E-state index contributed by atoms with van der Waals surface area (Å²) in [4.78, 5) is 23.7. The fraction of sp³-hybridized carbons (Fsp3) is 0.174. The van der Waals surface area contributed by atoms with Gasteiger partial charge in [0.2, 0.25) is 5.76 Å². The van der Waals surface area contributed by atoms with Crippen molar-refractivity contribution in [3.05, 3.63) is 76.0 Å². The van der Waals surface area contributed by atoms with Crippen LogP contribution >= 0.6 is 28.1 Å². The van der Waals surface area contributed by atoms with Crippen molar-refractivity contribution in [2.24, 2.45) is 0 Å². The van der Waals surface area contributed by atoms with Gasteiger partial charge in [-0.1, -0.05) is 48.8 Å². The highest BCUT2D eigenvalue weighted by Gasteiger charge is 2.17. The first kappa shape index (κ1) is 22.7. The molecular weight excluding hydrogens is 480 g/mol. The van der Waals surface area contributed by atoms with Gasteiger partial charge in [-0.05, 0) is 65.7 Å². The Balaban J connectivity index is 1.76. The number of anilines is 1. The van der Waals surface area contributed by atoms with Gasteiger partial charge in [-0.3, -0.25) is 10.1 Å². The van der Waals surface area contributed by atoms with Crippen LogP contribution in [0.15, 0.2) is 63.5 Å². The first-order valence-electron chi connectivity index (χ1n) is 9.40. The lowest BCUT2D eigenvalue weighted by Crippen LogP contribution is -2.34. The lowest BCUT2D eigenvalue weighted by Gasteiger charge is -2.19. The van der Waals surface area contributed by atoms with Crippen molar-refractivity contribution in [2.75, 3.05) is 5.32 Å². The van der Waals surface area contributed by atoms with E-state index in [4.69, 9.17) is 21.7 Å². The zero-order chi connectivity index (χ0) is 22.8. The average molecular weight is 501 g/mol. The summed E-state index contributed by atoms with van der Waals surface area (Å²) in [5, 5.41) is 14.8. The topological polar surface area (TPSA) is 91.6 Å². The monoisotopic (exact) mass is 500 g/mol. The maximum atomic E-state index is 12.6. The number of halogens is 1. The molecule has 0 bridgehead atoms. The van der Waals surface area contributed by atoms with Crippen molar-refractivity contribution < 1.29 is 19.1 Å². The van der Waals surface area contributed by atoms with Crippen molar-refractivity contribution in [2.45, 2.75) is 26.2 Å². The van der Waals surface area contributed by atoms with Gasteiger partial charge in [0.05, 0.1) is 5.69 Å². The van der Waals surface area contributed by atoms with Gasteiger partial charge in [0.25, 0.3) is 5.91 Å². The number of rotatable bonds is 4. The molecule has 3 rings (SSSR count). The van der Waals surface area contributed by atoms with E-state index in [1.165, 1.54) is 6.07 Å². The number of furan rings is 1. The van der Waals surface area contributed by atoms with Crippen LogP contribution in [0.4, 0.5) is 5.69 Å². The Morgan fingerprint density at radius 2 is 1.71 bits per heavy atom. The lowest BCUT2D eigenvalue weighted by atomic mass is 9.87. The van der Waals surface area contributed by atoms with Crippen molar-refractivity contribution in [1.82, 2.24) is 5.32 Å². The van der Waals surface area contributed by atoms with E-state index in [-0.39, 0.29) is 22.2 Å². The number of hydrogen-bond acceptors (Lipinski definition) is 4. The predicted molar refractivity (Wildman–Crippen MR) is 128 cm³/mol. The molecule has 1 amide bonds. The molecule has 1 aromatic heterocycles. The van der Waals surface area contributed by atoms with E-state index in [1.807, 2.05) is 12.1 Å². The van der Waals surface area contributed by atoms with Gasteiger partial charge < -0.3 is 14.8 Å². The molecule has 0 saturated heterocycles. The van der Waals surface area contributed by atoms with E-state index in [0.717, 1.165) is 10.0 Å². The third-order valence-electron chi connectivity index (χ3n) is 4.55. The molecule has 31 heavy (non-hydrogen) atoms. The summed E-state index contributed by atoms with van der Waals surface area (Å²) in [7, 11) is 0. The fourth-order valence-corrected chi connectivity index (χ4v) is 3.45. The second-order valence-corrected chi connectivity index (χ2v) is 9.22. The number of aromatic carboxylic acids is 1. The third-order valence-corrected chi connectivity index (χ3v) is 5.25. The van der Waals surface area contributed by atoms with Crippen LogP contribution in [0.1, 0.15) is 47.2 Å². The fourth-order valence-electron chi connectivity index (χ4n) is 2.88. The zero-order valence-electron chi connectivity index (χ0n) is 17.2. The van der Waals surface area contributed by atoms with Gasteiger partial charge in [0.1, 0.15) is 5.76 Å². The highest BCUT2D eigenvalue weighted by atomic mass is 79.9. The van der Waals surface area contributed by atoms with Crippen LogP contribution in [-0.2, 0) is 5.41 Å². The maximum Gasteiger partial charge on any atom is 0.371 e. The van der Waals surface area contributed by atoms with Crippen LogP contribution in [0.25, 0.3) is 11.3 Å². The molecule has 0 aliphatic rings. The van der Waals surface area contributed by atoms with Gasteiger partial charge in [-0.15, -0.1) is 0 Å². The number of benzene rings is 2. The van der Waals surface area contributed by atoms with Crippen molar-refractivity contribution >= 4 is 50.8 Å². The second-order valence-electron chi connectivity index (χ2n) is 7.89. The summed E-state index contributed by atoms with van der Waals surface area (Å²) in [5.74, 6) is -1.29. The molecule has 8 heteroatoms. The maximum absolute atomic E-state index is 12.6. The lowest BCUT2D eigenvalue weighted by molar-refractivity contribution is 0.0663. The minimum atomic E-state index is -1.15. The normalized spacial score (nSPS) is 11.1. The number of hydrogen-bond donors (Lipinski definition) is 3. The molecule has 0 fully saturated rings. The molecule has 1 heterocycles. The molecule has 0 atom stereocenters. The van der Waals surface area contributed by atoms with Crippen LogP contribution in [0.5, 0.6) is 0 Å². The molecule has 0 aliphatic heterocycles. The summed E-state index contributed by atoms with van der Waals surface area (Å²) >= 11 is 8.72. The number of nitrogens with one attached hydrogen (secondary N) is 2. The Kier molecular flexibility index (Phi) is 6.62. The van der Waals surface area contributed by atoms with Gasteiger partial charge in [0.15, 0.2) is 5.11 Å². The van der Waals surface area contributed by atoms with Crippen LogP contribution in [-0.4, -0.2) is 22.1 Å². The number of carbonyl (C=O) groups is 2. The van der Waals surface area contributed by atoms with E-state index < -0.39 is 5.97 Å². The SMILES string of the molecule is CC(C)(C)c1ccc(C(=O)NC(=S)Nc2cc(Br)ccc2-c2ccc(C(=O)O)o2)cc1. The predicted octanol–water partition coefficient (Wildman–Crippen LogP) is 5.83. The molecule has 0 aliphatic carbocycles. The van der Waals surface area contributed by atoms with E-state index in [1.54, 1.807) is 36.4 Å². The Bertz CT molecular complexity index is 1150. The number of thiocarbonyl (C=S) groups is 1. The van der Waals surface area contributed by atoms with E-state index in [0.29, 0.717) is 22.6 Å². The standard InChI is InChI=1S/C23H21BrN2O4S/c1-23(2,3)14-6-4-13(5-7-14)20(27)26-22(31)25-17-12-15(24)8-9-16(17)18-10-11-19(30-18)21(28)29/h4-12H,1-3H3,(H,28,29)(H2,25,26,27,31). The highest BCUT2D eigenvalue weighted by molar-refractivity contribution is 9.10. The van der Waals surface area contributed by atoms with Crippen molar-refractivity contribution in [1.29, 1.82) is 0 Å². The van der Waals surface area contributed by atoms with E-state index >= 15 is 0 Å². The van der Waals surface area contributed by atoms with E-state index in [9.17, 15) is 9.59 Å². The van der Waals surface area contributed by atoms with Gasteiger partial charge in [-0.25, -0.2) is 4.79 Å². The summed E-state index contributed by atoms with van der Waals surface area (Å²) in [6.07, 6.45) is 0. The number of carbonyl (C=O) groups excluding carboxylic acids is 1. The zero-order valence-corrected chi connectivity index (χ0v) is 19.6. The Hall–Kier alpha value is -2.97.